The van der Waals surface area contributed by atoms with Gasteiger partial charge in [0, 0.05) is 38.1 Å². The van der Waals surface area contributed by atoms with Gasteiger partial charge in [0.05, 0.1) is 32.4 Å². The third-order valence-corrected chi connectivity index (χ3v) is 7.01. The Morgan fingerprint density at radius 2 is 1.86 bits per heavy atom. The van der Waals surface area contributed by atoms with Crippen LogP contribution >= 0.6 is 0 Å². The van der Waals surface area contributed by atoms with Gasteiger partial charge < -0.3 is 29.3 Å². The van der Waals surface area contributed by atoms with E-state index in [-0.39, 0.29) is 18.4 Å². The van der Waals surface area contributed by atoms with Crippen LogP contribution in [0.5, 0.6) is 11.5 Å². The van der Waals surface area contributed by atoms with Gasteiger partial charge in [-0.05, 0) is 82.0 Å². The van der Waals surface area contributed by atoms with Crippen molar-refractivity contribution in [3.8, 4) is 11.5 Å². The maximum absolute atomic E-state index is 13.6. The van der Waals surface area contributed by atoms with Crippen molar-refractivity contribution in [3.05, 3.63) is 77.7 Å². The van der Waals surface area contributed by atoms with Crippen LogP contribution < -0.4 is 14.8 Å². The Bertz CT molecular complexity index is 1360. The van der Waals surface area contributed by atoms with Crippen LogP contribution in [0, 0.1) is 0 Å². The van der Waals surface area contributed by atoms with Crippen LogP contribution in [-0.4, -0.2) is 70.7 Å². The fourth-order valence-electron chi connectivity index (χ4n) is 5.01. The zero-order valence-corrected chi connectivity index (χ0v) is 25.8. The van der Waals surface area contributed by atoms with Gasteiger partial charge in [0.25, 0.3) is 0 Å². The smallest absolute Gasteiger partial charge is 0.320 e. The van der Waals surface area contributed by atoms with Crippen LogP contribution in [0.1, 0.15) is 63.4 Å². The Hall–Kier alpha value is -4.34. The van der Waals surface area contributed by atoms with E-state index < -0.39 is 11.6 Å². The number of urea groups is 1. The largest absolute Gasteiger partial charge is 0.497 e. The van der Waals surface area contributed by atoms with Gasteiger partial charge in [0.15, 0.2) is 0 Å². The third kappa shape index (κ3) is 9.33. The number of nitrogens with one attached hydrogen (secondary N) is 1. The van der Waals surface area contributed by atoms with Crippen molar-refractivity contribution in [1.29, 1.82) is 0 Å². The number of methoxy groups -OCH3 is 1. The Labute approximate surface area is 254 Å². The molecule has 1 saturated heterocycles. The molecule has 10 heteroatoms. The lowest BCUT2D eigenvalue weighted by molar-refractivity contribution is -0.156. The van der Waals surface area contributed by atoms with Gasteiger partial charge in [-0.3, -0.25) is 9.78 Å². The molecule has 0 radical (unpaired) electrons. The number of hydrogen-bond acceptors (Lipinski definition) is 8. The Balaban J connectivity index is 1.35. The first-order valence-corrected chi connectivity index (χ1v) is 14.8. The number of rotatable bonds is 14. The number of aryl methyl sites for hydroxylation is 1. The highest BCUT2D eigenvalue weighted by atomic mass is 16.6. The molecule has 230 valence electrons. The topological polar surface area (TPSA) is 106 Å². The quantitative estimate of drug-likeness (QED) is 0.241. The molecule has 2 amide bonds. The van der Waals surface area contributed by atoms with Crippen molar-refractivity contribution in [2.75, 3.05) is 38.7 Å². The fourth-order valence-corrected chi connectivity index (χ4v) is 5.01. The standard InChI is InChI=1S/C33H43N5O5/c1-6-42-28-19-25(22-34-23-28)29(20-31(39)43-33(2,3)4)38-18-17-37(32(38)40)16-8-10-26-9-7-11-30(36-26)35-21-24-12-14-27(41-5)15-13-24/h7,9,11-15,19,22-23,29H,6,8,10,16-18,20-21H2,1-5H3,(H,35,36). The maximum atomic E-state index is 13.6. The number of anilines is 1. The molecule has 1 fully saturated rings. The predicted molar refractivity (Wildman–Crippen MR) is 165 cm³/mol. The first-order valence-electron chi connectivity index (χ1n) is 14.8. The minimum Gasteiger partial charge on any atom is -0.497 e. The van der Waals surface area contributed by atoms with Gasteiger partial charge in [-0.1, -0.05) is 18.2 Å². The van der Waals surface area contributed by atoms with E-state index in [1.807, 2.05) is 81.1 Å². The molecule has 1 aliphatic heterocycles. The van der Waals surface area contributed by atoms with E-state index in [0.717, 1.165) is 41.2 Å². The van der Waals surface area contributed by atoms with Crippen LogP contribution in [0.15, 0.2) is 60.9 Å². The van der Waals surface area contributed by atoms with Crippen molar-refractivity contribution < 1.29 is 23.8 Å². The number of pyridine rings is 2. The molecule has 1 aromatic carbocycles. The Morgan fingerprint density at radius 3 is 2.58 bits per heavy atom. The number of amides is 2. The van der Waals surface area contributed by atoms with E-state index in [1.54, 1.807) is 24.4 Å². The molecule has 1 atom stereocenters. The molecule has 4 rings (SSSR count). The minimum atomic E-state index is -0.620. The highest BCUT2D eigenvalue weighted by Gasteiger charge is 2.36. The SMILES string of the molecule is CCOc1cncc(C(CC(=O)OC(C)(C)C)N2CCN(CCCc3cccc(NCc4ccc(OC)cc4)n3)C2=O)c1. The number of carbonyl (C=O) groups is 2. The van der Waals surface area contributed by atoms with Crippen LogP contribution in [0.4, 0.5) is 10.6 Å². The number of esters is 1. The van der Waals surface area contributed by atoms with Crippen LogP contribution in [0.2, 0.25) is 0 Å². The molecular weight excluding hydrogens is 546 g/mol. The molecule has 2 aromatic heterocycles. The summed E-state index contributed by atoms with van der Waals surface area (Å²) < 4.78 is 16.5. The van der Waals surface area contributed by atoms with Crippen molar-refractivity contribution in [2.24, 2.45) is 0 Å². The summed E-state index contributed by atoms with van der Waals surface area (Å²) in [5, 5.41) is 3.38. The second kappa shape index (κ2) is 14.7. The second-order valence-corrected chi connectivity index (χ2v) is 11.5. The maximum Gasteiger partial charge on any atom is 0.320 e. The normalized spacial score (nSPS) is 14.0. The van der Waals surface area contributed by atoms with Gasteiger partial charge >= 0.3 is 12.0 Å². The molecule has 0 aliphatic carbocycles. The first kappa shape index (κ1) is 31.6. The van der Waals surface area contributed by atoms with E-state index in [2.05, 4.69) is 10.3 Å². The Morgan fingerprint density at radius 1 is 1.07 bits per heavy atom. The third-order valence-electron chi connectivity index (χ3n) is 7.01. The van der Waals surface area contributed by atoms with Crippen molar-refractivity contribution in [3.63, 3.8) is 0 Å². The van der Waals surface area contributed by atoms with E-state index in [4.69, 9.17) is 19.2 Å². The summed E-state index contributed by atoms with van der Waals surface area (Å²) in [7, 11) is 1.66. The summed E-state index contributed by atoms with van der Waals surface area (Å²) in [4.78, 5) is 39.1. The van der Waals surface area contributed by atoms with Crippen LogP contribution in [-0.2, 0) is 22.5 Å². The minimum absolute atomic E-state index is 0.0361. The van der Waals surface area contributed by atoms with Gasteiger partial charge in [-0.15, -0.1) is 0 Å². The number of carbonyl (C=O) groups excluding carboxylic acids is 2. The van der Waals surface area contributed by atoms with Crippen LogP contribution in [0.3, 0.4) is 0 Å². The molecule has 43 heavy (non-hydrogen) atoms. The number of ether oxygens (including phenoxy) is 3. The molecule has 3 heterocycles. The fraction of sp³-hybridized carbons (Fsp3) is 0.455. The molecule has 0 spiro atoms. The molecule has 1 N–H and O–H groups in total. The number of hydrogen-bond donors (Lipinski definition) is 1. The van der Waals surface area contributed by atoms with Crippen molar-refractivity contribution in [1.82, 2.24) is 19.8 Å². The van der Waals surface area contributed by atoms with E-state index >= 15 is 0 Å². The predicted octanol–water partition coefficient (Wildman–Crippen LogP) is 5.64. The van der Waals surface area contributed by atoms with Crippen molar-refractivity contribution >= 4 is 17.8 Å². The number of benzene rings is 1. The van der Waals surface area contributed by atoms with Gasteiger partial charge in [0.2, 0.25) is 0 Å². The zero-order valence-electron chi connectivity index (χ0n) is 25.8. The summed E-state index contributed by atoms with van der Waals surface area (Å²) in [5.74, 6) is 1.88. The van der Waals surface area contributed by atoms with E-state index in [9.17, 15) is 9.59 Å². The molecule has 10 nitrogen and oxygen atoms in total. The molecule has 0 bridgehead atoms. The number of aromatic nitrogens is 2. The first-order chi connectivity index (χ1) is 20.6. The average molecular weight is 590 g/mol. The lowest BCUT2D eigenvalue weighted by Gasteiger charge is -2.29. The lowest BCUT2D eigenvalue weighted by atomic mass is 10.0. The zero-order chi connectivity index (χ0) is 30.8. The lowest BCUT2D eigenvalue weighted by Crippen LogP contribution is -2.37. The molecule has 1 unspecified atom stereocenters. The summed E-state index contributed by atoms with van der Waals surface area (Å²) in [6.45, 7) is 10.2. The summed E-state index contributed by atoms with van der Waals surface area (Å²) >= 11 is 0. The van der Waals surface area contributed by atoms with E-state index in [0.29, 0.717) is 38.5 Å². The van der Waals surface area contributed by atoms with Crippen molar-refractivity contribution in [2.45, 2.75) is 65.1 Å². The number of nitrogens with zero attached hydrogens (tertiary/aromatic N) is 4. The Kier molecular flexibility index (Phi) is 10.8. The average Bonchev–Trinajstić information content (AvgIpc) is 3.34. The van der Waals surface area contributed by atoms with Gasteiger partial charge in [-0.25, -0.2) is 9.78 Å². The molecule has 0 saturated carbocycles. The van der Waals surface area contributed by atoms with Crippen LogP contribution in [0.25, 0.3) is 0 Å². The summed E-state index contributed by atoms with van der Waals surface area (Å²) in [6, 6.07) is 15.1. The monoisotopic (exact) mass is 589 g/mol. The molecular formula is C33H43N5O5. The second-order valence-electron chi connectivity index (χ2n) is 11.5. The van der Waals surface area contributed by atoms with Gasteiger partial charge in [0.1, 0.15) is 22.9 Å². The van der Waals surface area contributed by atoms with E-state index in [1.165, 1.54) is 0 Å². The highest BCUT2D eigenvalue weighted by Crippen LogP contribution is 2.31. The highest BCUT2D eigenvalue weighted by molar-refractivity contribution is 5.79. The molecule has 1 aliphatic rings. The summed E-state index contributed by atoms with van der Waals surface area (Å²) in [5.41, 5.74) is 2.22. The van der Waals surface area contributed by atoms with Gasteiger partial charge in [-0.2, -0.15) is 0 Å². The summed E-state index contributed by atoms with van der Waals surface area (Å²) in [6.07, 6.45) is 4.87. The molecule has 3 aromatic rings.